The highest BCUT2D eigenvalue weighted by Crippen LogP contribution is 2.30. The van der Waals surface area contributed by atoms with Gasteiger partial charge in [0.05, 0.1) is 25.6 Å². The normalized spacial score (nSPS) is 13.2. The van der Waals surface area contributed by atoms with Crippen LogP contribution < -0.4 is 4.74 Å². The van der Waals surface area contributed by atoms with Crippen LogP contribution in [0, 0.1) is 13.8 Å². The van der Waals surface area contributed by atoms with Crippen LogP contribution in [0.25, 0.3) is 6.08 Å². The molecule has 3 rings (SSSR count). The van der Waals surface area contributed by atoms with E-state index in [9.17, 15) is 8.42 Å². The summed E-state index contributed by atoms with van der Waals surface area (Å²) in [6.45, 7) is 3.93. The molecule has 0 spiro atoms. The van der Waals surface area contributed by atoms with Gasteiger partial charge in [-0.25, -0.2) is 4.98 Å². The molecule has 26 heavy (non-hydrogen) atoms. The zero-order valence-corrected chi connectivity index (χ0v) is 16.5. The molecule has 2 aromatic rings. The van der Waals surface area contributed by atoms with Crippen LogP contribution in [-0.2, 0) is 20.8 Å². The third-order valence-corrected chi connectivity index (χ3v) is 5.80. The van der Waals surface area contributed by atoms with E-state index in [2.05, 4.69) is 15.0 Å². The number of fused-ring (bicyclic) bond motifs is 1. The summed E-state index contributed by atoms with van der Waals surface area (Å²) < 4.78 is 33.7. The SMILES string of the molecule is COC1=Cc2[nH]c(SCc3ncc(C)c(OC)c3C)nc2C(=S(=O)=O)C1. The minimum Gasteiger partial charge on any atom is -0.501 e. The molecule has 0 aromatic carbocycles. The number of aryl methyl sites for hydroxylation is 1. The van der Waals surface area contributed by atoms with Gasteiger partial charge in [0, 0.05) is 35.6 Å². The molecule has 2 aromatic heterocycles. The Bertz CT molecular complexity index is 1010. The fourth-order valence-corrected chi connectivity index (χ4v) is 4.30. The van der Waals surface area contributed by atoms with Gasteiger partial charge in [-0.15, -0.1) is 0 Å². The van der Waals surface area contributed by atoms with E-state index >= 15 is 0 Å². The van der Waals surface area contributed by atoms with Crippen molar-refractivity contribution in [3.05, 3.63) is 40.2 Å². The van der Waals surface area contributed by atoms with E-state index < -0.39 is 10.3 Å². The average molecular weight is 393 g/mol. The van der Waals surface area contributed by atoms with E-state index in [0.717, 1.165) is 22.6 Å². The van der Waals surface area contributed by atoms with Crippen molar-refractivity contribution in [2.75, 3.05) is 14.2 Å². The Morgan fingerprint density at radius 3 is 2.69 bits per heavy atom. The summed E-state index contributed by atoms with van der Waals surface area (Å²) in [7, 11) is 0.819. The highest BCUT2D eigenvalue weighted by atomic mass is 32.2. The molecule has 1 N–H and O–H groups in total. The largest absolute Gasteiger partial charge is 0.501 e. The van der Waals surface area contributed by atoms with E-state index in [4.69, 9.17) is 9.47 Å². The van der Waals surface area contributed by atoms with Gasteiger partial charge in [0.15, 0.2) is 5.16 Å². The first-order valence-corrected chi connectivity index (χ1v) is 9.92. The predicted molar refractivity (Wildman–Crippen MR) is 101 cm³/mol. The second-order valence-corrected chi connectivity index (χ2v) is 7.71. The number of methoxy groups -OCH3 is 2. The number of pyridine rings is 1. The fraction of sp³-hybridized carbons (Fsp3) is 0.353. The molecule has 1 aliphatic carbocycles. The predicted octanol–water partition coefficient (Wildman–Crippen LogP) is 2.51. The zero-order valence-electron chi connectivity index (χ0n) is 14.9. The van der Waals surface area contributed by atoms with Crippen LogP contribution in [0.3, 0.4) is 0 Å². The maximum Gasteiger partial charge on any atom is 0.220 e. The van der Waals surface area contributed by atoms with Gasteiger partial charge in [-0.3, -0.25) is 4.98 Å². The lowest BCUT2D eigenvalue weighted by Gasteiger charge is -2.11. The molecular formula is C17H19N3O4S2. The van der Waals surface area contributed by atoms with E-state index in [1.54, 1.807) is 19.4 Å². The molecule has 1 aliphatic rings. The van der Waals surface area contributed by atoms with Crippen molar-refractivity contribution < 1.29 is 17.9 Å². The third kappa shape index (κ3) is 3.49. The molecule has 0 bridgehead atoms. The molecule has 7 nitrogen and oxygen atoms in total. The van der Waals surface area contributed by atoms with Crippen molar-refractivity contribution in [3.63, 3.8) is 0 Å². The van der Waals surface area contributed by atoms with Crippen LogP contribution >= 0.6 is 11.8 Å². The maximum absolute atomic E-state index is 11.5. The van der Waals surface area contributed by atoms with Crippen LogP contribution in [0.15, 0.2) is 17.1 Å². The van der Waals surface area contributed by atoms with Gasteiger partial charge in [0.25, 0.3) is 0 Å². The highest BCUT2D eigenvalue weighted by molar-refractivity contribution is 7.98. The number of nitrogens with zero attached hydrogens (tertiary/aromatic N) is 2. The van der Waals surface area contributed by atoms with Crippen molar-refractivity contribution in [1.82, 2.24) is 15.0 Å². The lowest BCUT2D eigenvalue weighted by Crippen LogP contribution is -2.11. The van der Waals surface area contributed by atoms with Crippen molar-refractivity contribution >= 4 is 33.0 Å². The molecule has 0 unspecified atom stereocenters. The summed E-state index contributed by atoms with van der Waals surface area (Å²) in [5.74, 6) is 2.00. The standard InChI is InChI=1S/C17H19N3O4S2/c1-9-7-18-13(10(2)16(9)24-4)8-25-17-19-12-5-11(23-3)6-14(26(21)22)15(12)20-17/h5,7H,6,8H2,1-4H3,(H,19,20). The van der Waals surface area contributed by atoms with Crippen LogP contribution in [0.2, 0.25) is 0 Å². The summed E-state index contributed by atoms with van der Waals surface area (Å²) in [5, 5.41) is 0.632. The first kappa shape index (κ1) is 18.5. The van der Waals surface area contributed by atoms with Gasteiger partial charge >= 0.3 is 0 Å². The molecule has 2 heterocycles. The Kier molecular flexibility index (Phi) is 5.38. The molecular weight excluding hydrogens is 374 g/mol. The second-order valence-electron chi connectivity index (χ2n) is 5.79. The van der Waals surface area contributed by atoms with Gasteiger partial charge in [0.2, 0.25) is 10.3 Å². The average Bonchev–Trinajstić information content (AvgIpc) is 3.03. The number of aromatic nitrogens is 3. The molecule has 0 aliphatic heterocycles. The third-order valence-electron chi connectivity index (χ3n) is 4.17. The van der Waals surface area contributed by atoms with E-state index in [1.807, 2.05) is 13.8 Å². The number of H-pyrrole nitrogens is 1. The van der Waals surface area contributed by atoms with E-state index in [-0.39, 0.29) is 11.3 Å². The van der Waals surface area contributed by atoms with Crippen LogP contribution in [0.4, 0.5) is 0 Å². The van der Waals surface area contributed by atoms with Crippen molar-refractivity contribution in [3.8, 4) is 5.75 Å². The van der Waals surface area contributed by atoms with Crippen molar-refractivity contribution in [2.45, 2.75) is 31.2 Å². The lowest BCUT2D eigenvalue weighted by molar-refractivity contribution is 0.291. The summed E-state index contributed by atoms with van der Waals surface area (Å²) in [5.41, 5.74) is 3.97. The maximum atomic E-state index is 11.5. The lowest BCUT2D eigenvalue weighted by atomic mass is 10.1. The van der Waals surface area contributed by atoms with Crippen LogP contribution in [0.1, 0.15) is 34.6 Å². The monoisotopic (exact) mass is 393 g/mol. The summed E-state index contributed by atoms with van der Waals surface area (Å²) in [6, 6.07) is 0. The molecule has 0 atom stereocenters. The van der Waals surface area contributed by atoms with Gasteiger partial charge < -0.3 is 14.5 Å². The van der Waals surface area contributed by atoms with Gasteiger partial charge in [0.1, 0.15) is 22.1 Å². The second kappa shape index (κ2) is 7.55. The zero-order chi connectivity index (χ0) is 18.8. The van der Waals surface area contributed by atoms with Crippen molar-refractivity contribution in [2.24, 2.45) is 0 Å². The van der Waals surface area contributed by atoms with Crippen LogP contribution in [0.5, 0.6) is 5.75 Å². The fourth-order valence-electron chi connectivity index (χ4n) is 2.83. The number of imidazole rings is 1. The number of aromatic amines is 1. The number of hydrogen-bond acceptors (Lipinski definition) is 7. The Morgan fingerprint density at radius 2 is 2.04 bits per heavy atom. The van der Waals surface area contributed by atoms with Gasteiger partial charge in [-0.05, 0) is 13.8 Å². The molecule has 0 amide bonds. The summed E-state index contributed by atoms with van der Waals surface area (Å²) >= 11 is 1.46. The minimum atomic E-state index is -2.35. The molecule has 138 valence electrons. The topological polar surface area (TPSA) is 94.2 Å². The summed E-state index contributed by atoms with van der Waals surface area (Å²) in [6.07, 6.45) is 3.78. The van der Waals surface area contributed by atoms with Crippen molar-refractivity contribution in [1.29, 1.82) is 0 Å². The van der Waals surface area contributed by atoms with Gasteiger partial charge in [-0.2, -0.15) is 8.42 Å². The molecule has 0 fully saturated rings. The highest BCUT2D eigenvalue weighted by Gasteiger charge is 2.23. The number of thioether (sulfide) groups is 1. The van der Waals surface area contributed by atoms with E-state index in [0.29, 0.717) is 28.1 Å². The number of hydrogen-bond donors (Lipinski definition) is 1. The first-order chi connectivity index (χ1) is 12.4. The Morgan fingerprint density at radius 1 is 1.27 bits per heavy atom. The quantitative estimate of drug-likeness (QED) is 0.616. The van der Waals surface area contributed by atoms with Gasteiger partial charge in [-0.1, -0.05) is 11.8 Å². The smallest absolute Gasteiger partial charge is 0.220 e. The number of allylic oxidation sites excluding steroid dienone is 1. The minimum absolute atomic E-state index is 0.213. The summed E-state index contributed by atoms with van der Waals surface area (Å²) in [4.78, 5) is 12.3. The Labute approximate surface area is 157 Å². The molecule has 9 heteroatoms. The Balaban J connectivity index is 1.88. The number of ether oxygens (including phenoxy) is 2. The van der Waals surface area contributed by atoms with Crippen LogP contribution in [-0.4, -0.2) is 42.5 Å². The van der Waals surface area contributed by atoms with E-state index in [1.165, 1.54) is 18.9 Å². The Hall–Kier alpha value is -2.26. The number of nitrogens with one attached hydrogen (secondary N) is 1. The number of rotatable bonds is 5. The first-order valence-electron chi connectivity index (χ1n) is 7.86. The molecule has 0 saturated heterocycles. The molecule has 0 saturated carbocycles. The molecule has 0 radical (unpaired) electrons.